The van der Waals surface area contributed by atoms with Crippen LogP contribution in [-0.4, -0.2) is 53.6 Å². The Morgan fingerprint density at radius 1 is 0.844 bits per heavy atom. The molecule has 0 bridgehead atoms. The molecule has 8 nitrogen and oxygen atoms in total. The van der Waals surface area contributed by atoms with E-state index < -0.39 is 10.0 Å². The third-order valence-corrected chi connectivity index (χ3v) is 7.74. The number of benzene rings is 1. The molecule has 1 aromatic carbocycles. The van der Waals surface area contributed by atoms with Gasteiger partial charge < -0.3 is 21.7 Å². The van der Waals surface area contributed by atoms with E-state index in [9.17, 15) is 13.2 Å². The summed E-state index contributed by atoms with van der Waals surface area (Å²) in [5.41, 5.74) is 6.02. The molecule has 0 radical (unpaired) electrons. The molecular formula is C22H35N5O3S2. The highest BCUT2D eigenvalue weighted by Crippen LogP contribution is 2.21. The van der Waals surface area contributed by atoms with Gasteiger partial charge in [-0.3, -0.25) is 4.79 Å². The van der Waals surface area contributed by atoms with Crippen molar-refractivity contribution in [2.45, 2.75) is 36.4 Å². The summed E-state index contributed by atoms with van der Waals surface area (Å²) in [6.45, 7) is 5.06. The predicted molar refractivity (Wildman–Crippen MR) is 130 cm³/mol. The maximum atomic E-state index is 12.5. The fraction of sp³-hybridized carbons (Fsp3) is 0.500. The Morgan fingerprint density at radius 3 is 2.19 bits per heavy atom. The molecule has 0 aliphatic heterocycles. The van der Waals surface area contributed by atoms with E-state index in [-0.39, 0.29) is 10.1 Å². The number of amides is 1. The molecule has 2 rings (SSSR count). The van der Waals surface area contributed by atoms with Crippen molar-refractivity contribution in [3.63, 3.8) is 0 Å². The molecule has 0 unspecified atom stereocenters. The topological polar surface area (TPSA) is 125 Å². The minimum absolute atomic E-state index is 0.183. The minimum Gasteiger partial charge on any atom is -0.347 e. The smallest absolute Gasteiger partial charge is 0.251 e. The van der Waals surface area contributed by atoms with Crippen LogP contribution in [0.15, 0.2) is 46.7 Å². The largest absolute Gasteiger partial charge is 0.347 e. The minimum atomic E-state index is -3.53. The second-order valence-corrected chi connectivity index (χ2v) is 10.5. The highest BCUT2D eigenvalue weighted by molar-refractivity contribution is 7.91. The zero-order valence-electron chi connectivity index (χ0n) is 18.4. The molecule has 0 spiro atoms. The zero-order chi connectivity index (χ0) is 23.1. The number of hydrogen-bond acceptors (Lipinski definition) is 7. The summed E-state index contributed by atoms with van der Waals surface area (Å²) in [6, 6.07) is 12.2. The van der Waals surface area contributed by atoms with Crippen LogP contribution in [0.3, 0.4) is 0 Å². The Balaban J connectivity index is 1.58. The van der Waals surface area contributed by atoms with Gasteiger partial charge in [0.15, 0.2) is 0 Å². The molecule has 0 aliphatic carbocycles. The molecule has 1 aromatic heterocycles. The van der Waals surface area contributed by atoms with Crippen LogP contribution in [-0.2, 0) is 16.6 Å². The SMILES string of the molecule is NCCCNCCCCNCCCNS(=O)(=O)c1ccc(CNC(=O)c2ccccc2)s1. The Morgan fingerprint density at radius 2 is 1.50 bits per heavy atom. The van der Waals surface area contributed by atoms with Crippen molar-refractivity contribution < 1.29 is 13.2 Å². The highest BCUT2D eigenvalue weighted by Gasteiger charge is 2.16. The number of carbonyl (C=O) groups is 1. The molecule has 178 valence electrons. The third-order valence-electron chi connectivity index (χ3n) is 4.70. The molecule has 2 aromatic rings. The van der Waals surface area contributed by atoms with E-state index >= 15 is 0 Å². The molecule has 0 fully saturated rings. The van der Waals surface area contributed by atoms with Gasteiger partial charge in [-0.05, 0) is 82.7 Å². The normalized spacial score (nSPS) is 11.5. The molecule has 6 N–H and O–H groups in total. The lowest BCUT2D eigenvalue weighted by atomic mass is 10.2. The van der Waals surface area contributed by atoms with Crippen molar-refractivity contribution in [3.05, 3.63) is 52.9 Å². The molecular weight excluding hydrogens is 446 g/mol. The molecule has 0 aliphatic rings. The standard InChI is InChI=1S/C22H35N5O3S2/c23-12-6-15-24-13-4-5-14-25-16-7-17-27-32(29,30)21-11-10-20(31-21)18-26-22(28)19-8-2-1-3-9-19/h1-3,8-11,24-25,27H,4-7,12-18,23H2,(H,26,28). The van der Waals surface area contributed by atoms with Gasteiger partial charge in [0.1, 0.15) is 4.21 Å². The monoisotopic (exact) mass is 481 g/mol. The summed E-state index contributed by atoms with van der Waals surface area (Å²) in [6.07, 6.45) is 3.92. The quantitative estimate of drug-likeness (QED) is 0.219. The second-order valence-electron chi connectivity index (χ2n) is 7.37. The fourth-order valence-electron chi connectivity index (χ4n) is 2.92. The maximum absolute atomic E-state index is 12.5. The number of rotatable bonds is 17. The molecule has 1 amide bonds. The zero-order valence-corrected chi connectivity index (χ0v) is 20.1. The summed E-state index contributed by atoms with van der Waals surface area (Å²) in [5.74, 6) is -0.183. The van der Waals surface area contributed by atoms with Gasteiger partial charge in [0.2, 0.25) is 10.0 Å². The van der Waals surface area contributed by atoms with E-state index in [0.29, 0.717) is 18.7 Å². The first-order valence-corrected chi connectivity index (χ1v) is 13.4. The van der Waals surface area contributed by atoms with Crippen LogP contribution < -0.4 is 26.4 Å². The fourth-order valence-corrected chi connectivity index (χ4v) is 5.34. The second kappa shape index (κ2) is 15.1. The summed E-state index contributed by atoms with van der Waals surface area (Å²) in [5, 5.41) is 9.50. The van der Waals surface area contributed by atoms with E-state index in [1.165, 1.54) is 11.3 Å². The van der Waals surface area contributed by atoms with E-state index in [1.807, 2.05) is 6.07 Å². The van der Waals surface area contributed by atoms with Crippen LogP contribution >= 0.6 is 11.3 Å². The lowest BCUT2D eigenvalue weighted by Crippen LogP contribution is -2.27. The maximum Gasteiger partial charge on any atom is 0.251 e. The van der Waals surface area contributed by atoms with Crippen LogP contribution in [0.1, 0.15) is 40.9 Å². The summed E-state index contributed by atoms with van der Waals surface area (Å²) < 4.78 is 27.8. The van der Waals surface area contributed by atoms with E-state index in [1.54, 1.807) is 36.4 Å². The average Bonchev–Trinajstić information content (AvgIpc) is 3.29. The highest BCUT2D eigenvalue weighted by atomic mass is 32.2. The van der Waals surface area contributed by atoms with E-state index in [0.717, 1.165) is 63.3 Å². The van der Waals surface area contributed by atoms with Crippen molar-refractivity contribution in [3.8, 4) is 0 Å². The summed E-state index contributed by atoms with van der Waals surface area (Å²) >= 11 is 1.17. The molecule has 0 atom stereocenters. The van der Waals surface area contributed by atoms with Gasteiger partial charge in [-0.15, -0.1) is 11.3 Å². The first-order chi connectivity index (χ1) is 15.5. The Bertz CT molecular complexity index is 888. The Kier molecular flexibility index (Phi) is 12.5. The van der Waals surface area contributed by atoms with Crippen LogP contribution in [0, 0.1) is 0 Å². The number of nitrogens with one attached hydrogen (secondary N) is 4. The van der Waals surface area contributed by atoms with Crippen molar-refractivity contribution in [1.29, 1.82) is 0 Å². The van der Waals surface area contributed by atoms with Gasteiger partial charge in [0.25, 0.3) is 5.91 Å². The Labute approximate surface area is 195 Å². The number of nitrogens with two attached hydrogens (primary N) is 1. The van der Waals surface area contributed by atoms with Gasteiger partial charge in [-0.1, -0.05) is 18.2 Å². The predicted octanol–water partition coefficient (Wildman–Crippen LogP) is 1.65. The van der Waals surface area contributed by atoms with Gasteiger partial charge in [0.05, 0.1) is 6.54 Å². The van der Waals surface area contributed by atoms with Crippen molar-refractivity contribution >= 4 is 27.3 Å². The first-order valence-electron chi connectivity index (χ1n) is 11.1. The van der Waals surface area contributed by atoms with Crippen LogP contribution in [0.5, 0.6) is 0 Å². The molecule has 10 heteroatoms. The van der Waals surface area contributed by atoms with E-state index in [2.05, 4.69) is 20.7 Å². The number of sulfonamides is 1. The molecule has 0 saturated carbocycles. The molecule has 0 saturated heterocycles. The van der Waals surface area contributed by atoms with Gasteiger partial charge in [0, 0.05) is 17.0 Å². The van der Waals surface area contributed by atoms with Gasteiger partial charge >= 0.3 is 0 Å². The van der Waals surface area contributed by atoms with Crippen molar-refractivity contribution in [2.75, 3.05) is 39.3 Å². The number of hydrogen-bond donors (Lipinski definition) is 5. The number of unbranched alkanes of at least 4 members (excludes halogenated alkanes) is 1. The number of thiophene rings is 1. The molecule has 32 heavy (non-hydrogen) atoms. The Hall–Kier alpha value is -1.82. The number of carbonyl (C=O) groups excluding carboxylic acids is 1. The van der Waals surface area contributed by atoms with Crippen LogP contribution in [0.2, 0.25) is 0 Å². The van der Waals surface area contributed by atoms with Crippen molar-refractivity contribution in [1.82, 2.24) is 20.7 Å². The summed E-state index contributed by atoms with van der Waals surface area (Å²) in [4.78, 5) is 12.9. The van der Waals surface area contributed by atoms with Crippen LogP contribution in [0.4, 0.5) is 0 Å². The van der Waals surface area contributed by atoms with Crippen molar-refractivity contribution in [2.24, 2.45) is 5.73 Å². The lowest BCUT2D eigenvalue weighted by molar-refractivity contribution is 0.0951. The third kappa shape index (κ3) is 10.2. The lowest BCUT2D eigenvalue weighted by Gasteiger charge is -2.07. The summed E-state index contributed by atoms with van der Waals surface area (Å²) in [7, 11) is -3.53. The van der Waals surface area contributed by atoms with E-state index in [4.69, 9.17) is 5.73 Å². The van der Waals surface area contributed by atoms with Gasteiger partial charge in [-0.25, -0.2) is 13.1 Å². The van der Waals surface area contributed by atoms with Crippen LogP contribution in [0.25, 0.3) is 0 Å². The molecule has 1 heterocycles. The average molecular weight is 482 g/mol. The van der Waals surface area contributed by atoms with Gasteiger partial charge in [-0.2, -0.15) is 0 Å². The first kappa shape index (κ1) is 26.4.